The van der Waals surface area contributed by atoms with Gasteiger partial charge in [0.05, 0.1) is 24.0 Å². The molecule has 3 rings (SSSR count). The summed E-state index contributed by atoms with van der Waals surface area (Å²) in [5.41, 5.74) is 0. The van der Waals surface area contributed by atoms with E-state index in [1.165, 1.54) is 64.2 Å². The van der Waals surface area contributed by atoms with E-state index in [2.05, 4.69) is 13.8 Å². The fourth-order valence-corrected chi connectivity index (χ4v) is 5.56. The minimum Gasteiger partial charge on any atom is -0.590 e. The summed E-state index contributed by atoms with van der Waals surface area (Å²) in [7, 11) is -1.12. The lowest BCUT2D eigenvalue weighted by Gasteiger charge is -2.06. The van der Waals surface area contributed by atoms with E-state index < -0.39 is 10.8 Å². The largest absolute Gasteiger partial charge is 0.590 e. The van der Waals surface area contributed by atoms with Gasteiger partial charge in [-0.1, -0.05) is 78.1 Å². The molecule has 0 spiro atoms. The van der Waals surface area contributed by atoms with Gasteiger partial charge in [-0.25, -0.2) is 0 Å². The Morgan fingerprint density at radius 2 is 1.00 bits per heavy atom. The minimum absolute atomic E-state index is 0.738. The summed E-state index contributed by atoms with van der Waals surface area (Å²) in [6.07, 6.45) is 15.0. The highest BCUT2D eigenvalue weighted by atomic mass is 32.2. The molecule has 1 aromatic heterocycles. The predicted octanol–water partition coefficient (Wildman–Crippen LogP) is 9.20. The van der Waals surface area contributed by atoms with E-state index in [1.807, 2.05) is 36.4 Å². The van der Waals surface area contributed by atoms with Crippen molar-refractivity contribution in [2.24, 2.45) is 0 Å². The summed E-state index contributed by atoms with van der Waals surface area (Å²) < 4.78 is 26.7. The van der Waals surface area contributed by atoms with Crippen LogP contribution in [0.25, 0.3) is 20.2 Å². The summed E-state index contributed by atoms with van der Waals surface area (Å²) in [4.78, 5) is 0. The van der Waals surface area contributed by atoms with Gasteiger partial charge in [0.15, 0.2) is 9.40 Å². The molecule has 0 atom stereocenters. The lowest BCUT2D eigenvalue weighted by molar-refractivity contribution is 0.304. The lowest BCUT2D eigenvalue weighted by atomic mass is 10.1. The molecule has 0 aliphatic heterocycles. The molecule has 0 amide bonds. The highest BCUT2D eigenvalue weighted by Crippen LogP contribution is 2.43. The van der Waals surface area contributed by atoms with Crippen molar-refractivity contribution in [2.75, 3.05) is 13.2 Å². The molecule has 0 fully saturated rings. The molecule has 32 heavy (non-hydrogen) atoms. The Bertz CT molecular complexity index is 871. The van der Waals surface area contributed by atoms with Gasteiger partial charge in [-0.2, -0.15) is 0 Å². The average molecular weight is 457 g/mol. The quantitative estimate of drug-likeness (QED) is 0.159. The van der Waals surface area contributed by atoms with E-state index >= 15 is 0 Å². The monoisotopic (exact) mass is 456 g/mol. The smallest absolute Gasteiger partial charge is 0.181 e. The van der Waals surface area contributed by atoms with Crippen molar-refractivity contribution in [3.8, 4) is 11.5 Å². The van der Waals surface area contributed by atoms with Crippen LogP contribution in [0.1, 0.15) is 90.9 Å². The number of thiophene rings is 1. The predicted molar refractivity (Wildman–Crippen MR) is 138 cm³/mol. The van der Waals surface area contributed by atoms with E-state index in [1.54, 1.807) is 0 Å². The molecule has 3 nitrogen and oxygen atoms in total. The first kappa shape index (κ1) is 24.9. The van der Waals surface area contributed by atoms with Gasteiger partial charge in [0.2, 0.25) is 0 Å². The molecule has 0 aliphatic rings. The zero-order valence-electron chi connectivity index (χ0n) is 20.0. The summed E-state index contributed by atoms with van der Waals surface area (Å²) >= 11 is 0. The highest BCUT2D eigenvalue weighted by Gasteiger charge is 2.17. The lowest BCUT2D eigenvalue weighted by Crippen LogP contribution is -1.97. The molecule has 0 saturated heterocycles. The van der Waals surface area contributed by atoms with Crippen LogP contribution in [0, 0.1) is 0 Å². The fourth-order valence-electron chi connectivity index (χ4n) is 4.21. The van der Waals surface area contributed by atoms with Crippen LogP contribution in [0.2, 0.25) is 0 Å². The normalized spacial score (nSPS) is 11.5. The van der Waals surface area contributed by atoms with E-state index in [-0.39, 0.29) is 0 Å². The second-order valence-electron chi connectivity index (χ2n) is 8.82. The molecule has 0 aliphatic carbocycles. The first-order valence-electron chi connectivity index (χ1n) is 12.7. The molecule has 1 heterocycles. The average Bonchev–Trinajstić information content (AvgIpc) is 3.09. The molecule has 0 saturated carbocycles. The second kappa shape index (κ2) is 13.7. The Morgan fingerprint density at radius 3 is 1.44 bits per heavy atom. The molecular formula is C28H40O3S. The summed E-state index contributed by atoms with van der Waals surface area (Å²) in [6.45, 7) is 5.96. The first-order chi connectivity index (χ1) is 15.7. The van der Waals surface area contributed by atoms with Gasteiger partial charge in [0, 0.05) is 12.1 Å². The molecule has 0 N–H and O–H groups in total. The number of hydrogen-bond acceptors (Lipinski definition) is 3. The zero-order chi connectivity index (χ0) is 22.6. The number of hydrogen-bond donors (Lipinski definition) is 0. The van der Waals surface area contributed by atoms with Crippen molar-refractivity contribution >= 4 is 30.9 Å². The summed E-state index contributed by atoms with van der Waals surface area (Å²) in [5, 5.41) is 2.03. The first-order valence-corrected chi connectivity index (χ1v) is 13.9. The van der Waals surface area contributed by atoms with Crippen LogP contribution in [-0.4, -0.2) is 17.8 Å². The van der Waals surface area contributed by atoms with Crippen molar-refractivity contribution in [2.45, 2.75) is 90.9 Å². The summed E-state index contributed by atoms with van der Waals surface area (Å²) in [6, 6.07) is 11.9. The molecule has 2 aromatic carbocycles. The SMILES string of the molecule is CCCCCCCCOc1ccc2c(c1)c1cc(OCCCCCCCC)ccc1[s+]2[O-]. The van der Waals surface area contributed by atoms with E-state index in [0.29, 0.717) is 0 Å². The Labute approximate surface area is 196 Å². The van der Waals surface area contributed by atoms with Gasteiger partial charge in [0.1, 0.15) is 11.5 Å². The van der Waals surface area contributed by atoms with Crippen molar-refractivity contribution in [3.05, 3.63) is 36.4 Å². The van der Waals surface area contributed by atoms with Crippen molar-refractivity contribution in [3.63, 3.8) is 0 Å². The zero-order valence-corrected chi connectivity index (χ0v) is 20.8. The summed E-state index contributed by atoms with van der Waals surface area (Å²) in [5.74, 6) is 1.72. The third-order valence-corrected chi connectivity index (χ3v) is 7.64. The van der Waals surface area contributed by atoms with Crippen molar-refractivity contribution in [1.82, 2.24) is 0 Å². The topological polar surface area (TPSA) is 41.5 Å². The van der Waals surface area contributed by atoms with Crippen LogP contribution >= 0.6 is 10.8 Å². The Kier molecular flexibility index (Phi) is 10.6. The van der Waals surface area contributed by atoms with Crippen LogP contribution in [0.3, 0.4) is 0 Å². The van der Waals surface area contributed by atoms with Crippen LogP contribution in [0.15, 0.2) is 36.4 Å². The number of fused-ring (bicyclic) bond motifs is 3. The van der Waals surface area contributed by atoms with Gasteiger partial charge >= 0.3 is 0 Å². The minimum atomic E-state index is -1.12. The van der Waals surface area contributed by atoms with E-state index in [4.69, 9.17) is 9.47 Å². The van der Waals surface area contributed by atoms with E-state index in [0.717, 1.165) is 57.7 Å². The maximum absolute atomic E-state index is 12.9. The Morgan fingerprint density at radius 1 is 0.594 bits per heavy atom. The number of benzene rings is 2. The van der Waals surface area contributed by atoms with Gasteiger partial charge < -0.3 is 14.0 Å². The van der Waals surface area contributed by atoms with Gasteiger partial charge in [0.25, 0.3) is 0 Å². The van der Waals surface area contributed by atoms with Crippen LogP contribution in [0.4, 0.5) is 0 Å². The fraction of sp³-hybridized carbons (Fsp3) is 0.571. The molecule has 176 valence electrons. The molecule has 3 aromatic rings. The van der Waals surface area contributed by atoms with E-state index in [9.17, 15) is 4.55 Å². The number of ether oxygens (including phenoxy) is 2. The van der Waals surface area contributed by atoms with Gasteiger partial charge in [-0.15, -0.1) is 0 Å². The third-order valence-electron chi connectivity index (χ3n) is 6.12. The molecule has 0 bridgehead atoms. The van der Waals surface area contributed by atoms with Gasteiger partial charge in [-0.3, -0.25) is 0 Å². The van der Waals surface area contributed by atoms with Gasteiger partial charge in [-0.05, 0) is 47.9 Å². The Balaban J connectivity index is 1.58. The van der Waals surface area contributed by atoms with Crippen molar-refractivity contribution < 1.29 is 14.0 Å². The number of rotatable bonds is 16. The maximum Gasteiger partial charge on any atom is 0.181 e. The second-order valence-corrected chi connectivity index (χ2v) is 10.2. The maximum atomic E-state index is 12.9. The van der Waals surface area contributed by atoms with Crippen LogP contribution < -0.4 is 9.47 Å². The molecular weight excluding hydrogens is 416 g/mol. The highest BCUT2D eigenvalue weighted by molar-refractivity contribution is 7.37. The Hall–Kier alpha value is -1.78. The standard InChI is InChI=1S/C28H40O3S/c1-3-5-7-9-11-13-19-30-23-15-17-27-25(21-23)26-22-24(16-18-28(26)32(27)29)31-20-14-12-10-8-6-4-2/h15-18,21-22H,3-14,19-20H2,1-2H3. The van der Waals surface area contributed by atoms with Crippen LogP contribution in [0.5, 0.6) is 11.5 Å². The molecule has 4 heteroatoms. The van der Waals surface area contributed by atoms with Crippen molar-refractivity contribution in [1.29, 1.82) is 0 Å². The molecule has 0 unspecified atom stereocenters. The van der Waals surface area contributed by atoms with Crippen LogP contribution in [-0.2, 0) is 0 Å². The number of unbranched alkanes of at least 4 members (excludes halogenated alkanes) is 10. The molecule has 0 radical (unpaired) electrons. The third kappa shape index (κ3) is 7.11.